The Morgan fingerprint density at radius 2 is 1.71 bits per heavy atom. The number of hydrogen-bond acceptors (Lipinski definition) is 1. The van der Waals surface area contributed by atoms with Crippen molar-refractivity contribution in [2.75, 3.05) is 0 Å². The van der Waals surface area contributed by atoms with Crippen LogP contribution in [0.5, 0.6) is 0 Å². The maximum atomic E-state index is 12.8. The molecular weight excluding hydrogens is 188 g/mol. The molecule has 0 saturated carbocycles. The first-order chi connectivity index (χ1) is 6.45. The molecule has 74 valence electrons. The predicted molar refractivity (Wildman–Crippen MR) is 48.5 cm³/mol. The number of nitrogens with zero attached hydrogens (tertiary/aromatic N) is 3. The van der Waals surface area contributed by atoms with E-state index in [0.29, 0.717) is 5.56 Å². The van der Waals surface area contributed by atoms with Gasteiger partial charge in [0.05, 0.1) is 5.54 Å². The molecule has 0 heterocycles. The van der Waals surface area contributed by atoms with E-state index in [1.54, 1.807) is 13.8 Å². The van der Waals surface area contributed by atoms with Gasteiger partial charge in [-0.3, -0.25) is 0 Å². The van der Waals surface area contributed by atoms with E-state index in [-0.39, 0.29) is 0 Å². The van der Waals surface area contributed by atoms with Crippen molar-refractivity contribution in [3.05, 3.63) is 45.8 Å². The van der Waals surface area contributed by atoms with E-state index < -0.39 is 17.2 Å². The fraction of sp³-hybridized carbons (Fsp3) is 0.333. The second-order valence-corrected chi connectivity index (χ2v) is 3.41. The highest BCUT2D eigenvalue weighted by Crippen LogP contribution is 2.26. The molecule has 0 aliphatic heterocycles. The van der Waals surface area contributed by atoms with Crippen LogP contribution >= 0.6 is 0 Å². The molecule has 0 fully saturated rings. The fourth-order valence-corrected chi connectivity index (χ4v) is 1.08. The summed E-state index contributed by atoms with van der Waals surface area (Å²) in [5, 5.41) is 3.46. The normalized spacial score (nSPS) is 10.9. The monoisotopic (exact) mass is 197 g/mol. The highest BCUT2D eigenvalue weighted by molar-refractivity contribution is 5.24. The summed E-state index contributed by atoms with van der Waals surface area (Å²) in [6.07, 6.45) is 0. The van der Waals surface area contributed by atoms with Gasteiger partial charge in [0.15, 0.2) is 0 Å². The molecule has 0 aliphatic carbocycles. The van der Waals surface area contributed by atoms with Crippen LogP contribution in [-0.4, -0.2) is 0 Å². The zero-order chi connectivity index (χ0) is 10.8. The van der Waals surface area contributed by atoms with E-state index >= 15 is 0 Å². The van der Waals surface area contributed by atoms with Gasteiger partial charge < -0.3 is 0 Å². The predicted octanol–water partition coefficient (Wildman–Crippen LogP) is 3.51. The molecule has 0 aliphatic rings. The van der Waals surface area contributed by atoms with Gasteiger partial charge >= 0.3 is 0 Å². The smallest absolute Gasteiger partial charge is 0.126 e. The first-order valence-electron chi connectivity index (χ1n) is 3.98. The number of benzene rings is 1. The van der Waals surface area contributed by atoms with Crippen molar-refractivity contribution in [2.24, 2.45) is 5.11 Å². The van der Waals surface area contributed by atoms with E-state index in [9.17, 15) is 8.78 Å². The van der Waals surface area contributed by atoms with Gasteiger partial charge in [-0.25, -0.2) is 8.78 Å². The third kappa shape index (κ3) is 2.20. The van der Waals surface area contributed by atoms with E-state index in [2.05, 4.69) is 10.0 Å². The Bertz CT molecular complexity index is 375. The molecule has 0 unspecified atom stereocenters. The van der Waals surface area contributed by atoms with E-state index in [1.165, 1.54) is 0 Å². The standard InChI is InChI=1S/C9H9F2N3/c1-9(2,13-14-12)6-3-7(10)5-8(11)4-6/h3-5H,1-2H3. The molecule has 0 bridgehead atoms. The Morgan fingerprint density at radius 1 is 1.21 bits per heavy atom. The van der Waals surface area contributed by atoms with Crippen molar-refractivity contribution in [2.45, 2.75) is 19.4 Å². The van der Waals surface area contributed by atoms with Gasteiger partial charge in [0.2, 0.25) is 0 Å². The summed E-state index contributed by atoms with van der Waals surface area (Å²) in [4.78, 5) is 2.62. The van der Waals surface area contributed by atoms with Crippen LogP contribution < -0.4 is 0 Å². The number of halogens is 2. The zero-order valence-corrected chi connectivity index (χ0v) is 7.83. The molecule has 1 aromatic rings. The number of hydrogen-bond donors (Lipinski definition) is 0. The van der Waals surface area contributed by atoms with Crippen LogP contribution in [0.15, 0.2) is 23.3 Å². The highest BCUT2D eigenvalue weighted by atomic mass is 19.1. The summed E-state index contributed by atoms with van der Waals surface area (Å²) < 4.78 is 25.6. The Morgan fingerprint density at radius 3 is 2.14 bits per heavy atom. The minimum atomic E-state index is -0.947. The lowest BCUT2D eigenvalue weighted by atomic mass is 9.95. The fourth-order valence-electron chi connectivity index (χ4n) is 1.08. The van der Waals surface area contributed by atoms with E-state index in [4.69, 9.17) is 5.53 Å². The van der Waals surface area contributed by atoms with Crippen LogP contribution in [0.4, 0.5) is 8.78 Å². The van der Waals surface area contributed by atoms with Crippen LogP contribution in [0, 0.1) is 11.6 Å². The van der Waals surface area contributed by atoms with Gasteiger partial charge in [0, 0.05) is 11.0 Å². The molecule has 0 saturated heterocycles. The summed E-state index contributed by atoms with van der Waals surface area (Å²) in [7, 11) is 0. The Hall–Kier alpha value is -1.61. The third-order valence-electron chi connectivity index (χ3n) is 1.86. The lowest BCUT2D eigenvalue weighted by molar-refractivity contribution is 0.523. The number of azide groups is 1. The van der Waals surface area contributed by atoms with Gasteiger partial charge in [-0.15, -0.1) is 0 Å². The minimum Gasteiger partial charge on any atom is -0.207 e. The van der Waals surface area contributed by atoms with Crippen molar-refractivity contribution in [3.8, 4) is 0 Å². The highest BCUT2D eigenvalue weighted by Gasteiger charge is 2.20. The molecule has 0 N–H and O–H groups in total. The van der Waals surface area contributed by atoms with Crippen molar-refractivity contribution in [3.63, 3.8) is 0 Å². The van der Waals surface area contributed by atoms with Gasteiger partial charge in [-0.05, 0) is 23.2 Å². The van der Waals surface area contributed by atoms with Gasteiger partial charge in [-0.2, -0.15) is 0 Å². The lowest BCUT2D eigenvalue weighted by Crippen LogP contribution is -2.13. The van der Waals surface area contributed by atoms with Crippen molar-refractivity contribution in [1.82, 2.24) is 0 Å². The Kier molecular flexibility index (Phi) is 2.72. The van der Waals surface area contributed by atoms with Crippen LogP contribution in [0.2, 0.25) is 0 Å². The van der Waals surface area contributed by atoms with Crippen molar-refractivity contribution < 1.29 is 8.78 Å². The average Bonchev–Trinajstić information content (AvgIpc) is 2.02. The van der Waals surface area contributed by atoms with E-state index in [1.807, 2.05) is 0 Å². The van der Waals surface area contributed by atoms with Gasteiger partial charge in [0.1, 0.15) is 11.6 Å². The molecule has 5 heteroatoms. The second kappa shape index (κ2) is 3.64. The summed E-state index contributed by atoms with van der Waals surface area (Å²) >= 11 is 0. The molecule has 1 rings (SSSR count). The Balaban J connectivity index is 3.24. The maximum absolute atomic E-state index is 12.8. The largest absolute Gasteiger partial charge is 0.207 e. The van der Waals surface area contributed by atoms with Crippen molar-refractivity contribution >= 4 is 0 Å². The third-order valence-corrected chi connectivity index (χ3v) is 1.86. The zero-order valence-electron chi connectivity index (χ0n) is 7.83. The molecule has 0 amide bonds. The maximum Gasteiger partial charge on any atom is 0.126 e. The molecule has 0 radical (unpaired) electrons. The average molecular weight is 197 g/mol. The molecule has 1 aromatic carbocycles. The summed E-state index contributed by atoms with van der Waals surface area (Å²) in [5.74, 6) is -1.36. The summed E-state index contributed by atoms with van der Waals surface area (Å²) in [6.45, 7) is 3.17. The number of rotatable bonds is 2. The van der Waals surface area contributed by atoms with Gasteiger partial charge in [0.25, 0.3) is 0 Å². The van der Waals surface area contributed by atoms with Crippen molar-refractivity contribution in [1.29, 1.82) is 0 Å². The molecule has 3 nitrogen and oxygen atoms in total. The first-order valence-corrected chi connectivity index (χ1v) is 3.98. The summed E-state index contributed by atoms with van der Waals surface area (Å²) in [6, 6.07) is 3.07. The van der Waals surface area contributed by atoms with E-state index in [0.717, 1.165) is 18.2 Å². The Labute approximate surface area is 80.0 Å². The molecule has 14 heavy (non-hydrogen) atoms. The lowest BCUT2D eigenvalue weighted by Gasteiger charge is -2.18. The minimum absolute atomic E-state index is 0.313. The first kappa shape index (κ1) is 10.5. The second-order valence-electron chi connectivity index (χ2n) is 3.41. The SMILES string of the molecule is CC(C)(N=[N+]=[N-])c1cc(F)cc(F)c1. The molecular formula is C9H9F2N3. The van der Waals surface area contributed by atoms with Gasteiger partial charge in [-0.1, -0.05) is 19.0 Å². The van der Waals surface area contributed by atoms with Crippen LogP contribution in [0.1, 0.15) is 19.4 Å². The van der Waals surface area contributed by atoms with Crippen LogP contribution in [-0.2, 0) is 5.54 Å². The quantitative estimate of drug-likeness (QED) is 0.395. The molecule has 0 atom stereocenters. The summed E-state index contributed by atoms with van der Waals surface area (Å²) in [5.41, 5.74) is 7.64. The topological polar surface area (TPSA) is 48.8 Å². The molecule has 0 spiro atoms. The van der Waals surface area contributed by atoms with Crippen LogP contribution in [0.3, 0.4) is 0 Å². The molecule has 0 aromatic heterocycles. The van der Waals surface area contributed by atoms with Crippen LogP contribution in [0.25, 0.3) is 10.4 Å².